The number of methoxy groups -OCH3 is 1. The van der Waals surface area contributed by atoms with Crippen LogP contribution in [0.2, 0.25) is 5.02 Å². The van der Waals surface area contributed by atoms with Crippen LogP contribution in [0.4, 0.5) is 10.1 Å². The van der Waals surface area contributed by atoms with E-state index in [0.717, 1.165) is 0 Å². The van der Waals surface area contributed by atoms with Gasteiger partial charge in [-0.3, -0.25) is 4.79 Å². The van der Waals surface area contributed by atoms with E-state index in [0.29, 0.717) is 27.8 Å². The van der Waals surface area contributed by atoms with E-state index >= 15 is 0 Å². The van der Waals surface area contributed by atoms with Crippen LogP contribution in [0.1, 0.15) is 16.2 Å². The predicted molar refractivity (Wildman–Crippen MR) is 92.0 cm³/mol. The molecule has 2 aromatic carbocycles. The monoisotopic (exact) mass is 360 g/mol. The summed E-state index contributed by atoms with van der Waals surface area (Å²) in [5, 5.41) is 11.0. The van der Waals surface area contributed by atoms with Gasteiger partial charge in [0.1, 0.15) is 11.6 Å². The highest BCUT2D eigenvalue weighted by Gasteiger charge is 2.19. The van der Waals surface area contributed by atoms with E-state index in [2.05, 4.69) is 15.6 Å². The highest BCUT2D eigenvalue weighted by Crippen LogP contribution is 2.28. The summed E-state index contributed by atoms with van der Waals surface area (Å²) < 4.78 is 20.0. The number of amides is 1. The van der Waals surface area contributed by atoms with Crippen molar-refractivity contribution in [3.05, 3.63) is 64.7 Å². The lowest BCUT2D eigenvalue weighted by Gasteiger charge is -2.10. The Balaban J connectivity index is 1.91. The number of carbonyl (C=O) groups excluding carboxylic acids is 1. The molecule has 0 atom stereocenters. The van der Waals surface area contributed by atoms with E-state index in [-0.39, 0.29) is 5.69 Å². The van der Waals surface area contributed by atoms with Crippen molar-refractivity contribution in [2.45, 2.75) is 6.92 Å². The number of anilines is 1. The molecule has 1 aromatic heterocycles. The fourth-order valence-electron chi connectivity index (χ4n) is 2.35. The van der Waals surface area contributed by atoms with Crippen molar-refractivity contribution in [1.82, 2.24) is 15.0 Å². The fraction of sp³-hybridized carbons (Fsp3) is 0.118. The minimum Gasteiger partial charge on any atom is -0.495 e. The molecule has 0 saturated heterocycles. The van der Waals surface area contributed by atoms with Gasteiger partial charge in [-0.25, -0.2) is 9.07 Å². The Morgan fingerprint density at radius 2 is 2.08 bits per heavy atom. The van der Waals surface area contributed by atoms with Crippen molar-refractivity contribution in [3.63, 3.8) is 0 Å². The molecule has 0 saturated carbocycles. The summed E-state index contributed by atoms with van der Waals surface area (Å²) in [6.07, 6.45) is 0. The van der Waals surface area contributed by atoms with Crippen molar-refractivity contribution >= 4 is 23.2 Å². The van der Waals surface area contributed by atoms with Gasteiger partial charge in [-0.15, -0.1) is 5.10 Å². The van der Waals surface area contributed by atoms with Crippen LogP contribution in [0.3, 0.4) is 0 Å². The molecule has 1 heterocycles. The number of benzene rings is 2. The number of hydrogen-bond donors (Lipinski definition) is 1. The number of aromatic nitrogens is 3. The molecule has 25 heavy (non-hydrogen) atoms. The molecule has 8 heteroatoms. The molecule has 0 aliphatic heterocycles. The first-order valence-corrected chi connectivity index (χ1v) is 7.70. The lowest BCUT2D eigenvalue weighted by atomic mass is 10.2. The molecule has 0 aliphatic carbocycles. The normalized spacial score (nSPS) is 10.6. The fourth-order valence-corrected chi connectivity index (χ4v) is 2.52. The number of rotatable bonds is 4. The maximum atomic E-state index is 13.4. The van der Waals surface area contributed by atoms with Crippen molar-refractivity contribution in [2.24, 2.45) is 0 Å². The summed E-state index contributed by atoms with van der Waals surface area (Å²) in [6.45, 7) is 1.68. The van der Waals surface area contributed by atoms with Gasteiger partial charge in [0.15, 0.2) is 5.69 Å². The maximum Gasteiger partial charge on any atom is 0.278 e. The molecule has 3 rings (SSSR count). The average molecular weight is 361 g/mol. The molecule has 0 spiro atoms. The largest absolute Gasteiger partial charge is 0.495 e. The summed E-state index contributed by atoms with van der Waals surface area (Å²) in [6, 6.07) is 10.7. The van der Waals surface area contributed by atoms with Gasteiger partial charge in [0.25, 0.3) is 5.91 Å². The molecule has 128 valence electrons. The molecule has 1 amide bonds. The molecular weight excluding hydrogens is 347 g/mol. The molecule has 6 nitrogen and oxygen atoms in total. The average Bonchev–Trinajstić information content (AvgIpc) is 2.97. The van der Waals surface area contributed by atoms with Gasteiger partial charge in [0, 0.05) is 5.02 Å². The standard InChI is InChI=1S/C17H14ClFN4O2/c1-10-16(21-22-23(10)13-5-3-4-12(19)9-13)17(24)20-14-8-11(18)6-7-15(14)25-2/h3-9H,1-2H3,(H,20,24). The Morgan fingerprint density at radius 1 is 1.28 bits per heavy atom. The summed E-state index contributed by atoms with van der Waals surface area (Å²) >= 11 is 5.96. The first-order valence-electron chi connectivity index (χ1n) is 7.32. The first-order chi connectivity index (χ1) is 12.0. The van der Waals surface area contributed by atoms with E-state index in [1.54, 1.807) is 37.3 Å². The lowest BCUT2D eigenvalue weighted by Crippen LogP contribution is -2.15. The zero-order chi connectivity index (χ0) is 18.0. The van der Waals surface area contributed by atoms with Crippen LogP contribution < -0.4 is 10.1 Å². The topological polar surface area (TPSA) is 69.0 Å². The number of nitrogens with one attached hydrogen (secondary N) is 1. The smallest absolute Gasteiger partial charge is 0.278 e. The quantitative estimate of drug-likeness (QED) is 0.771. The number of nitrogens with zero attached hydrogens (tertiary/aromatic N) is 3. The zero-order valence-corrected chi connectivity index (χ0v) is 14.2. The van der Waals surface area contributed by atoms with Gasteiger partial charge in [-0.05, 0) is 43.3 Å². The zero-order valence-electron chi connectivity index (χ0n) is 13.5. The first kappa shape index (κ1) is 16.9. The van der Waals surface area contributed by atoms with Crippen molar-refractivity contribution < 1.29 is 13.9 Å². The van der Waals surface area contributed by atoms with Gasteiger partial charge in [-0.2, -0.15) is 0 Å². The van der Waals surface area contributed by atoms with Crippen LogP contribution in [0.5, 0.6) is 5.75 Å². The number of ether oxygens (including phenoxy) is 1. The van der Waals surface area contributed by atoms with E-state index < -0.39 is 11.7 Å². The van der Waals surface area contributed by atoms with E-state index in [9.17, 15) is 9.18 Å². The van der Waals surface area contributed by atoms with Crippen LogP contribution >= 0.6 is 11.6 Å². The van der Waals surface area contributed by atoms with Crippen LogP contribution in [-0.4, -0.2) is 28.0 Å². The Bertz CT molecular complexity index is 942. The van der Waals surface area contributed by atoms with Crippen LogP contribution in [0.15, 0.2) is 42.5 Å². The van der Waals surface area contributed by atoms with Crippen molar-refractivity contribution in [2.75, 3.05) is 12.4 Å². The van der Waals surface area contributed by atoms with Crippen molar-refractivity contribution in [1.29, 1.82) is 0 Å². The molecule has 0 bridgehead atoms. The molecule has 0 radical (unpaired) electrons. The lowest BCUT2D eigenvalue weighted by molar-refractivity contribution is 0.102. The summed E-state index contributed by atoms with van der Waals surface area (Å²) in [5.41, 5.74) is 1.49. The molecule has 0 aliphatic rings. The minimum atomic E-state index is -0.472. The van der Waals surface area contributed by atoms with Gasteiger partial charge in [-0.1, -0.05) is 22.9 Å². The highest BCUT2D eigenvalue weighted by atomic mass is 35.5. The van der Waals surface area contributed by atoms with E-state index in [1.165, 1.54) is 23.9 Å². The number of halogens is 2. The van der Waals surface area contributed by atoms with E-state index in [4.69, 9.17) is 16.3 Å². The van der Waals surface area contributed by atoms with Crippen LogP contribution in [-0.2, 0) is 0 Å². The Labute approximate surface area is 148 Å². The molecule has 1 N–H and O–H groups in total. The SMILES string of the molecule is COc1ccc(Cl)cc1NC(=O)c1nnn(-c2cccc(F)c2)c1C. The Kier molecular flexibility index (Phi) is 4.67. The number of carbonyl (C=O) groups is 1. The Morgan fingerprint density at radius 3 is 2.80 bits per heavy atom. The molecule has 0 unspecified atom stereocenters. The van der Waals surface area contributed by atoms with Crippen LogP contribution in [0, 0.1) is 12.7 Å². The highest BCUT2D eigenvalue weighted by molar-refractivity contribution is 6.31. The van der Waals surface area contributed by atoms with Gasteiger partial charge >= 0.3 is 0 Å². The second-order valence-corrected chi connectivity index (χ2v) is 5.65. The maximum absolute atomic E-state index is 13.4. The van der Waals surface area contributed by atoms with Crippen LogP contribution in [0.25, 0.3) is 5.69 Å². The minimum absolute atomic E-state index is 0.117. The van der Waals surface area contributed by atoms with Gasteiger partial charge in [0.2, 0.25) is 0 Å². The summed E-state index contributed by atoms with van der Waals surface area (Å²) in [5.74, 6) is -0.407. The van der Waals surface area contributed by atoms with E-state index in [1.807, 2.05) is 0 Å². The molecular formula is C17H14ClFN4O2. The van der Waals surface area contributed by atoms with Gasteiger partial charge in [0.05, 0.1) is 24.2 Å². The third-order valence-electron chi connectivity index (χ3n) is 3.57. The predicted octanol–water partition coefficient (Wildman–Crippen LogP) is 3.63. The third kappa shape index (κ3) is 3.46. The molecule has 0 fully saturated rings. The number of hydrogen-bond acceptors (Lipinski definition) is 4. The second kappa shape index (κ2) is 6.90. The van der Waals surface area contributed by atoms with Crippen molar-refractivity contribution in [3.8, 4) is 11.4 Å². The third-order valence-corrected chi connectivity index (χ3v) is 3.81. The molecule has 3 aromatic rings. The van der Waals surface area contributed by atoms with Gasteiger partial charge < -0.3 is 10.1 Å². The Hall–Kier alpha value is -2.93. The summed E-state index contributed by atoms with van der Waals surface area (Å²) in [7, 11) is 1.49. The second-order valence-electron chi connectivity index (χ2n) is 5.21. The summed E-state index contributed by atoms with van der Waals surface area (Å²) in [4.78, 5) is 12.5.